The Bertz CT molecular complexity index is 1250. The first-order chi connectivity index (χ1) is 13.1. The fourth-order valence-corrected chi connectivity index (χ4v) is 3.49. The van der Waals surface area contributed by atoms with Gasteiger partial charge in [0, 0.05) is 12.1 Å². The molecule has 0 amide bonds. The molecule has 0 saturated heterocycles. The number of nitro benzene ring substituents is 3. The van der Waals surface area contributed by atoms with Crippen LogP contribution < -0.4 is 4.72 Å². The molecule has 0 radical (unpaired) electrons. The van der Waals surface area contributed by atoms with Crippen molar-refractivity contribution < 1.29 is 27.8 Å². The molecule has 0 atom stereocenters. The fourth-order valence-electron chi connectivity index (χ4n) is 2.27. The van der Waals surface area contributed by atoms with Gasteiger partial charge in [-0.15, -0.1) is 0 Å². The third kappa shape index (κ3) is 3.14. The van der Waals surface area contributed by atoms with Gasteiger partial charge in [-0.1, -0.05) is 0 Å². The molecular weight excluding hydrogens is 404 g/mol. The zero-order valence-corrected chi connectivity index (χ0v) is 14.0. The number of aromatic nitrogens is 2. The summed E-state index contributed by atoms with van der Waals surface area (Å²) in [6.45, 7) is 0. The summed E-state index contributed by atoms with van der Waals surface area (Å²) in [6, 6.07) is 3.92. The van der Waals surface area contributed by atoms with E-state index in [1.807, 2.05) is 4.72 Å². The van der Waals surface area contributed by atoms with Crippen molar-refractivity contribution in [2.24, 2.45) is 0 Å². The van der Waals surface area contributed by atoms with E-state index in [0.717, 1.165) is 18.2 Å². The molecule has 0 bridgehead atoms. The van der Waals surface area contributed by atoms with E-state index in [0.29, 0.717) is 12.1 Å². The lowest BCUT2D eigenvalue weighted by molar-refractivity contribution is -0.396. The number of fused-ring (bicyclic) bond motifs is 1. The van der Waals surface area contributed by atoms with E-state index in [1.165, 1.54) is 0 Å². The van der Waals surface area contributed by atoms with Gasteiger partial charge < -0.3 is 0 Å². The molecule has 0 aliphatic heterocycles. The summed E-state index contributed by atoms with van der Waals surface area (Å²) >= 11 is 0. The molecule has 3 rings (SSSR count). The number of rotatable bonds is 6. The van der Waals surface area contributed by atoms with Crippen molar-refractivity contribution in [3.05, 3.63) is 60.7 Å². The number of hydrogen-bond acceptors (Lipinski definition) is 11. The number of non-ortho nitro benzene ring substituents is 2. The average Bonchev–Trinajstić information content (AvgIpc) is 3.11. The third-order valence-electron chi connectivity index (χ3n) is 3.47. The van der Waals surface area contributed by atoms with E-state index in [2.05, 4.69) is 14.9 Å². The summed E-state index contributed by atoms with van der Waals surface area (Å²) in [4.78, 5) is 29.2. The molecular formula is C12H6N6O9S. The molecule has 15 nitrogen and oxygen atoms in total. The van der Waals surface area contributed by atoms with Gasteiger partial charge in [-0.3, -0.25) is 35.1 Å². The minimum absolute atomic E-state index is 0.297. The first-order valence-electron chi connectivity index (χ1n) is 6.97. The number of nitrogens with one attached hydrogen (secondary N) is 1. The lowest BCUT2D eigenvalue weighted by Gasteiger charge is -2.08. The normalized spacial score (nSPS) is 11.3. The maximum atomic E-state index is 12.6. The summed E-state index contributed by atoms with van der Waals surface area (Å²) < 4.78 is 31.6. The number of nitrogens with zero attached hydrogens (tertiary/aromatic N) is 5. The highest BCUT2D eigenvalue weighted by molar-refractivity contribution is 7.92. The number of hydrogen-bond donors (Lipinski definition) is 1. The van der Waals surface area contributed by atoms with Crippen molar-refractivity contribution in [1.29, 1.82) is 0 Å². The monoisotopic (exact) mass is 410 g/mol. The van der Waals surface area contributed by atoms with E-state index in [-0.39, 0.29) is 16.7 Å². The summed E-state index contributed by atoms with van der Waals surface area (Å²) in [5.74, 6) is 0. The first-order valence-corrected chi connectivity index (χ1v) is 8.45. The molecule has 144 valence electrons. The smallest absolute Gasteiger partial charge is 0.277 e. The molecule has 2 aromatic carbocycles. The van der Waals surface area contributed by atoms with Crippen molar-refractivity contribution in [2.75, 3.05) is 4.72 Å². The summed E-state index contributed by atoms with van der Waals surface area (Å²) in [5, 5.41) is 39.6. The van der Waals surface area contributed by atoms with Crippen LogP contribution >= 0.6 is 0 Å². The van der Waals surface area contributed by atoms with Crippen LogP contribution in [0.4, 0.5) is 22.7 Å². The Morgan fingerprint density at radius 2 is 1.50 bits per heavy atom. The minimum Gasteiger partial charge on any atom is -0.277 e. The molecule has 0 spiro atoms. The van der Waals surface area contributed by atoms with Gasteiger partial charge in [-0.05, 0) is 22.4 Å². The topological polar surface area (TPSA) is 215 Å². The number of anilines is 1. The van der Waals surface area contributed by atoms with Gasteiger partial charge in [-0.25, -0.2) is 13.0 Å². The van der Waals surface area contributed by atoms with Crippen molar-refractivity contribution in [1.82, 2.24) is 10.3 Å². The van der Waals surface area contributed by atoms with Gasteiger partial charge in [0.15, 0.2) is 10.4 Å². The van der Waals surface area contributed by atoms with Gasteiger partial charge in [0.25, 0.3) is 21.4 Å². The molecule has 0 saturated carbocycles. The van der Waals surface area contributed by atoms with Crippen LogP contribution in [0.3, 0.4) is 0 Å². The third-order valence-corrected chi connectivity index (χ3v) is 4.89. The molecule has 3 aromatic rings. The van der Waals surface area contributed by atoms with E-state index >= 15 is 0 Å². The predicted molar refractivity (Wildman–Crippen MR) is 89.0 cm³/mol. The van der Waals surface area contributed by atoms with Crippen LogP contribution in [0.15, 0.2) is 39.9 Å². The van der Waals surface area contributed by atoms with Crippen molar-refractivity contribution in [3.63, 3.8) is 0 Å². The van der Waals surface area contributed by atoms with Crippen LogP contribution in [0.2, 0.25) is 0 Å². The zero-order valence-electron chi connectivity index (χ0n) is 13.2. The maximum absolute atomic E-state index is 12.6. The highest BCUT2D eigenvalue weighted by Gasteiger charge is 2.30. The first kappa shape index (κ1) is 18.6. The van der Waals surface area contributed by atoms with Crippen molar-refractivity contribution in [2.45, 2.75) is 4.90 Å². The number of benzene rings is 2. The van der Waals surface area contributed by atoms with E-state index < -0.39 is 46.8 Å². The van der Waals surface area contributed by atoms with Crippen LogP contribution in [-0.2, 0) is 10.0 Å². The summed E-state index contributed by atoms with van der Waals surface area (Å²) in [7, 11) is -4.63. The lowest BCUT2D eigenvalue weighted by Crippen LogP contribution is -2.15. The molecule has 1 N–H and O–H groups in total. The van der Waals surface area contributed by atoms with E-state index in [1.54, 1.807) is 0 Å². The number of nitro groups is 3. The van der Waals surface area contributed by atoms with Gasteiger partial charge in [0.05, 0.1) is 26.5 Å². The van der Waals surface area contributed by atoms with Crippen LogP contribution in [0, 0.1) is 30.3 Å². The Morgan fingerprint density at radius 1 is 0.857 bits per heavy atom. The van der Waals surface area contributed by atoms with Gasteiger partial charge in [0.2, 0.25) is 5.52 Å². The SMILES string of the molecule is O=[N+]([O-])c1ccc(S(=O)(=O)Nc2ccc([N+](=O)[O-])c3nonc23)c([N+](=O)[O-])c1. The van der Waals surface area contributed by atoms with E-state index in [4.69, 9.17) is 0 Å². The standard InChI is InChI=1S/C12H6N6O9S/c19-16(20)6-1-4-10(9(5-6)18(23)24)28(25,26)15-7-2-3-8(17(21)22)12-11(7)13-27-14-12/h1-5,15H. The van der Waals surface area contributed by atoms with Crippen molar-refractivity contribution >= 4 is 43.8 Å². The summed E-state index contributed by atoms with van der Waals surface area (Å²) in [6.07, 6.45) is 0. The average molecular weight is 410 g/mol. The molecule has 0 unspecified atom stereocenters. The molecule has 1 aromatic heterocycles. The Labute approximate surface area is 153 Å². The molecule has 0 aliphatic rings. The minimum atomic E-state index is -4.63. The second-order valence-corrected chi connectivity index (χ2v) is 6.77. The predicted octanol–water partition coefficient (Wildman–Crippen LogP) is 1.75. The van der Waals surface area contributed by atoms with Crippen LogP contribution in [-0.4, -0.2) is 33.5 Å². The van der Waals surface area contributed by atoms with Crippen LogP contribution in [0.1, 0.15) is 0 Å². The Hall–Kier alpha value is -4.21. The molecule has 28 heavy (non-hydrogen) atoms. The van der Waals surface area contributed by atoms with Gasteiger partial charge in [0.1, 0.15) is 0 Å². The molecule has 0 fully saturated rings. The highest BCUT2D eigenvalue weighted by atomic mass is 32.2. The molecule has 0 aliphatic carbocycles. The fraction of sp³-hybridized carbons (Fsp3) is 0. The Morgan fingerprint density at radius 3 is 2.11 bits per heavy atom. The molecule has 16 heteroatoms. The quantitative estimate of drug-likeness (QED) is 0.456. The Balaban J connectivity index is 2.11. The van der Waals surface area contributed by atoms with Crippen molar-refractivity contribution in [3.8, 4) is 0 Å². The second kappa shape index (κ2) is 6.50. The Kier molecular flexibility index (Phi) is 4.31. The van der Waals surface area contributed by atoms with Crippen LogP contribution in [0.25, 0.3) is 11.0 Å². The summed E-state index contributed by atoms with van der Waals surface area (Å²) in [5.41, 5.74) is -3.15. The van der Waals surface area contributed by atoms with Gasteiger partial charge in [-0.2, -0.15) is 0 Å². The maximum Gasteiger partial charge on any atom is 0.300 e. The zero-order chi connectivity index (χ0) is 20.6. The largest absolute Gasteiger partial charge is 0.300 e. The lowest BCUT2D eigenvalue weighted by atomic mass is 10.2. The van der Waals surface area contributed by atoms with Gasteiger partial charge >= 0.3 is 5.69 Å². The number of sulfonamides is 1. The van der Waals surface area contributed by atoms with E-state index in [9.17, 15) is 38.8 Å². The molecule has 1 heterocycles. The highest BCUT2D eigenvalue weighted by Crippen LogP contribution is 2.33. The second-order valence-electron chi connectivity index (χ2n) is 5.12. The van der Waals surface area contributed by atoms with Crippen LogP contribution in [0.5, 0.6) is 0 Å².